The Bertz CT molecular complexity index is 149. The van der Waals surface area contributed by atoms with E-state index in [0.717, 1.165) is 7.37 Å². The van der Waals surface area contributed by atoms with Gasteiger partial charge < -0.3 is 9.76 Å². The molecule has 3 radical (unpaired) electrons. The molecule has 0 aliphatic heterocycles. The Labute approximate surface area is 63.6 Å². The Morgan fingerprint density at radius 3 is 2.10 bits per heavy atom. The quantitative estimate of drug-likeness (QED) is 0.536. The highest BCUT2D eigenvalue weighted by Crippen LogP contribution is 2.55. The molecule has 0 amide bonds. The molecule has 1 rings (SSSR count). The van der Waals surface area contributed by atoms with Crippen molar-refractivity contribution in [2.24, 2.45) is 5.92 Å². The standard InChI is InChI=1S/C6H11B2O2/c1-4-5(2,9)6(4,3)10-8-7/h4,9H,1-3H3. The molecule has 0 aromatic heterocycles. The van der Waals surface area contributed by atoms with Gasteiger partial charge in [0.15, 0.2) is 0 Å². The minimum Gasteiger partial charge on any atom is -0.444 e. The van der Waals surface area contributed by atoms with Gasteiger partial charge in [-0.3, -0.25) is 0 Å². The predicted octanol–water partition coefficient (Wildman–Crippen LogP) is -0.135. The third-order valence-corrected chi connectivity index (χ3v) is 2.90. The molecule has 0 spiro atoms. The Balaban J connectivity index is 2.59. The highest BCUT2D eigenvalue weighted by atomic mass is 16.5. The fourth-order valence-corrected chi connectivity index (χ4v) is 1.36. The average Bonchev–Trinajstić information content (AvgIpc) is 2.17. The van der Waals surface area contributed by atoms with Gasteiger partial charge in [0.1, 0.15) is 0 Å². The zero-order valence-electron chi connectivity index (χ0n) is 6.59. The molecule has 53 valence electrons. The molecule has 10 heavy (non-hydrogen) atoms. The van der Waals surface area contributed by atoms with Crippen LogP contribution in [0.3, 0.4) is 0 Å². The van der Waals surface area contributed by atoms with E-state index in [9.17, 15) is 5.11 Å². The summed E-state index contributed by atoms with van der Waals surface area (Å²) in [5.74, 6) is 0.153. The Morgan fingerprint density at radius 2 is 2.00 bits per heavy atom. The van der Waals surface area contributed by atoms with E-state index in [1.165, 1.54) is 0 Å². The van der Waals surface area contributed by atoms with Crippen molar-refractivity contribution in [3.05, 3.63) is 0 Å². The van der Waals surface area contributed by atoms with E-state index in [1.807, 2.05) is 13.8 Å². The highest BCUT2D eigenvalue weighted by Gasteiger charge is 2.68. The second-order valence-electron chi connectivity index (χ2n) is 3.23. The van der Waals surface area contributed by atoms with Crippen LogP contribution >= 0.6 is 0 Å². The van der Waals surface area contributed by atoms with Crippen molar-refractivity contribution < 1.29 is 9.76 Å². The van der Waals surface area contributed by atoms with E-state index in [-0.39, 0.29) is 5.92 Å². The molecule has 3 unspecified atom stereocenters. The first-order chi connectivity index (χ1) is 4.47. The van der Waals surface area contributed by atoms with Crippen LogP contribution in [0.25, 0.3) is 0 Å². The first-order valence-corrected chi connectivity index (χ1v) is 3.40. The normalized spacial score (nSPS) is 52.6. The third kappa shape index (κ3) is 0.753. The first kappa shape index (κ1) is 8.15. The van der Waals surface area contributed by atoms with E-state index in [4.69, 9.17) is 12.4 Å². The maximum atomic E-state index is 9.55. The van der Waals surface area contributed by atoms with Gasteiger partial charge in [0.2, 0.25) is 7.37 Å². The van der Waals surface area contributed by atoms with Gasteiger partial charge in [0.05, 0.1) is 18.9 Å². The molecule has 4 heteroatoms. The minimum absolute atomic E-state index is 0.153. The number of hydrogen-bond donors (Lipinski definition) is 1. The monoisotopic (exact) mass is 137 g/mol. The Kier molecular flexibility index (Phi) is 1.64. The summed E-state index contributed by atoms with van der Waals surface area (Å²) in [5.41, 5.74) is -1.19. The van der Waals surface area contributed by atoms with Gasteiger partial charge in [-0.2, -0.15) is 0 Å². The lowest BCUT2D eigenvalue weighted by Gasteiger charge is -2.13. The molecule has 1 aliphatic carbocycles. The second-order valence-corrected chi connectivity index (χ2v) is 3.23. The van der Waals surface area contributed by atoms with Gasteiger partial charge in [-0.05, 0) is 13.8 Å². The van der Waals surface area contributed by atoms with Gasteiger partial charge in [-0.15, -0.1) is 0 Å². The lowest BCUT2D eigenvalue weighted by molar-refractivity contribution is 0.0645. The molecule has 0 aromatic rings. The van der Waals surface area contributed by atoms with Gasteiger partial charge in [0, 0.05) is 5.92 Å². The van der Waals surface area contributed by atoms with Crippen molar-refractivity contribution in [2.75, 3.05) is 0 Å². The molecular formula is C6H11B2O2. The fraction of sp³-hybridized carbons (Fsp3) is 1.00. The van der Waals surface area contributed by atoms with Crippen LogP contribution in [0.2, 0.25) is 0 Å². The van der Waals surface area contributed by atoms with Gasteiger partial charge in [-0.1, -0.05) is 6.92 Å². The van der Waals surface area contributed by atoms with Crippen molar-refractivity contribution >= 4 is 15.1 Å². The van der Waals surface area contributed by atoms with Crippen LogP contribution in [0.1, 0.15) is 20.8 Å². The topological polar surface area (TPSA) is 29.5 Å². The summed E-state index contributed by atoms with van der Waals surface area (Å²) in [7, 11) is 6.22. The van der Waals surface area contributed by atoms with Crippen LogP contribution in [0.15, 0.2) is 0 Å². The van der Waals surface area contributed by atoms with Crippen molar-refractivity contribution in [1.29, 1.82) is 0 Å². The van der Waals surface area contributed by atoms with Crippen LogP contribution in [-0.4, -0.2) is 31.4 Å². The smallest absolute Gasteiger partial charge is 0.231 e. The van der Waals surface area contributed by atoms with Crippen LogP contribution in [0, 0.1) is 5.92 Å². The SMILES string of the molecule is [B][B]OC1(C)C(C)C1(C)O. The molecule has 1 saturated carbocycles. The van der Waals surface area contributed by atoms with Crippen molar-refractivity contribution in [3.63, 3.8) is 0 Å². The zero-order chi connectivity index (χ0) is 7.99. The van der Waals surface area contributed by atoms with E-state index >= 15 is 0 Å². The van der Waals surface area contributed by atoms with Gasteiger partial charge >= 0.3 is 0 Å². The number of aliphatic hydroxyl groups is 1. The van der Waals surface area contributed by atoms with E-state index in [0.29, 0.717) is 0 Å². The summed E-state index contributed by atoms with van der Waals surface area (Å²) in [4.78, 5) is 0. The number of rotatable bonds is 2. The Hall–Kier alpha value is 0.0499. The molecule has 0 bridgehead atoms. The summed E-state index contributed by atoms with van der Waals surface area (Å²) >= 11 is 0. The van der Waals surface area contributed by atoms with E-state index in [1.54, 1.807) is 6.92 Å². The summed E-state index contributed by atoms with van der Waals surface area (Å²) in [6, 6.07) is 0. The average molecular weight is 137 g/mol. The van der Waals surface area contributed by atoms with Crippen molar-refractivity contribution in [2.45, 2.75) is 32.0 Å². The van der Waals surface area contributed by atoms with Crippen molar-refractivity contribution in [3.8, 4) is 0 Å². The molecule has 0 saturated heterocycles. The molecular weight excluding hydrogens is 126 g/mol. The maximum Gasteiger partial charge on any atom is 0.231 e. The van der Waals surface area contributed by atoms with Gasteiger partial charge in [-0.25, -0.2) is 0 Å². The summed E-state index contributed by atoms with van der Waals surface area (Å²) in [6.45, 7) is 5.53. The summed E-state index contributed by atoms with van der Waals surface area (Å²) in [6.07, 6.45) is 0. The van der Waals surface area contributed by atoms with E-state index in [2.05, 4.69) is 0 Å². The largest absolute Gasteiger partial charge is 0.444 e. The molecule has 3 atom stereocenters. The molecule has 1 N–H and O–H groups in total. The fourth-order valence-electron chi connectivity index (χ4n) is 1.36. The first-order valence-electron chi connectivity index (χ1n) is 3.40. The van der Waals surface area contributed by atoms with Crippen LogP contribution in [-0.2, 0) is 4.65 Å². The zero-order valence-corrected chi connectivity index (χ0v) is 6.59. The minimum atomic E-state index is -0.719. The molecule has 0 aromatic carbocycles. The lowest BCUT2D eigenvalue weighted by Crippen LogP contribution is -2.24. The lowest BCUT2D eigenvalue weighted by atomic mass is 9.72. The number of hydrogen-bond acceptors (Lipinski definition) is 2. The van der Waals surface area contributed by atoms with Crippen LogP contribution < -0.4 is 0 Å². The molecule has 0 heterocycles. The molecule has 2 nitrogen and oxygen atoms in total. The summed E-state index contributed by atoms with van der Waals surface area (Å²) < 4.78 is 5.07. The highest BCUT2D eigenvalue weighted by molar-refractivity contribution is 6.85. The summed E-state index contributed by atoms with van der Waals surface area (Å²) in [5, 5.41) is 9.55. The van der Waals surface area contributed by atoms with Gasteiger partial charge in [0.25, 0.3) is 0 Å². The van der Waals surface area contributed by atoms with Crippen molar-refractivity contribution in [1.82, 2.24) is 0 Å². The predicted molar refractivity (Wildman–Crippen MR) is 40.8 cm³/mol. The van der Waals surface area contributed by atoms with E-state index < -0.39 is 11.2 Å². The maximum absolute atomic E-state index is 9.55. The molecule has 1 aliphatic rings. The molecule has 1 fully saturated rings. The third-order valence-electron chi connectivity index (χ3n) is 2.90. The van der Waals surface area contributed by atoms with Crippen LogP contribution in [0.5, 0.6) is 0 Å². The second kappa shape index (κ2) is 2.02. The Morgan fingerprint density at radius 1 is 1.60 bits per heavy atom. The van der Waals surface area contributed by atoms with Crippen LogP contribution in [0.4, 0.5) is 0 Å².